The molecule has 0 aromatic heterocycles. The molecule has 6 unspecified atom stereocenters. The second-order valence-corrected chi connectivity index (χ2v) is 16.6. The number of hydrogen-bond donors (Lipinski definition) is 4. The molecule has 328 valence electrons. The first-order valence-electron chi connectivity index (χ1n) is 23.6. The number of ether oxygens (including phenoxy) is 4. The molecule has 1 aliphatic heterocycles. The number of rotatable bonds is 41. The lowest BCUT2D eigenvalue weighted by atomic mass is 9.99. The first-order chi connectivity index (χ1) is 26.9. The van der Waals surface area contributed by atoms with E-state index in [2.05, 4.69) is 13.8 Å². The molecule has 0 aliphatic carbocycles. The van der Waals surface area contributed by atoms with Gasteiger partial charge in [0.2, 0.25) is 0 Å². The van der Waals surface area contributed by atoms with Crippen molar-refractivity contribution in [2.24, 2.45) is 0 Å². The zero-order chi connectivity index (χ0) is 40.0. The Morgan fingerprint density at radius 2 is 0.891 bits per heavy atom. The Kier molecular flexibility index (Phi) is 36.7. The van der Waals surface area contributed by atoms with Gasteiger partial charge in [-0.25, -0.2) is 0 Å². The highest BCUT2D eigenvalue weighted by atomic mass is 16.7. The summed E-state index contributed by atoms with van der Waals surface area (Å²) >= 11 is 0. The van der Waals surface area contributed by atoms with Crippen LogP contribution in [0.15, 0.2) is 0 Å². The number of aliphatic hydroxyl groups is 4. The molecule has 55 heavy (non-hydrogen) atoms. The summed E-state index contributed by atoms with van der Waals surface area (Å²) in [6, 6.07) is 0. The van der Waals surface area contributed by atoms with Gasteiger partial charge in [0.15, 0.2) is 6.29 Å². The normalized spacial score (nSPS) is 20.6. The van der Waals surface area contributed by atoms with Crippen LogP contribution in [0.4, 0.5) is 0 Å². The van der Waals surface area contributed by atoms with Gasteiger partial charge in [0, 0.05) is 13.0 Å². The van der Waals surface area contributed by atoms with E-state index in [1.54, 1.807) is 0 Å². The van der Waals surface area contributed by atoms with E-state index in [4.69, 9.17) is 18.9 Å². The van der Waals surface area contributed by atoms with E-state index in [0.717, 1.165) is 32.1 Å². The minimum Gasteiger partial charge on any atom is -0.457 e. The number of carbonyl (C=O) groups is 1. The quantitative estimate of drug-likeness (QED) is 0.0353. The van der Waals surface area contributed by atoms with E-state index in [1.165, 1.54) is 173 Å². The highest BCUT2D eigenvalue weighted by Gasteiger charge is 2.44. The zero-order valence-electron chi connectivity index (χ0n) is 36.0. The number of unbranched alkanes of at least 4 members (excludes halogenated alkanes) is 30. The van der Waals surface area contributed by atoms with Crippen LogP contribution in [0.2, 0.25) is 0 Å². The van der Waals surface area contributed by atoms with Gasteiger partial charge in [-0.1, -0.05) is 206 Å². The second-order valence-electron chi connectivity index (χ2n) is 16.6. The molecule has 0 saturated carbocycles. The largest absolute Gasteiger partial charge is 0.457 e. The lowest BCUT2D eigenvalue weighted by molar-refractivity contribution is -0.305. The van der Waals surface area contributed by atoms with Crippen molar-refractivity contribution in [1.82, 2.24) is 0 Å². The van der Waals surface area contributed by atoms with E-state index >= 15 is 0 Å². The molecular weight excluding hydrogens is 696 g/mol. The Balaban J connectivity index is 2.20. The third-order valence-electron chi connectivity index (χ3n) is 11.3. The third-order valence-corrected chi connectivity index (χ3v) is 11.3. The number of aliphatic hydroxyl groups excluding tert-OH is 4. The van der Waals surface area contributed by atoms with Crippen molar-refractivity contribution in [3.63, 3.8) is 0 Å². The van der Waals surface area contributed by atoms with Crippen LogP contribution in [0.1, 0.15) is 226 Å². The first kappa shape index (κ1) is 52.2. The molecule has 0 spiro atoms. The Hall–Kier alpha value is -0.810. The predicted octanol–water partition coefficient (Wildman–Crippen LogP) is 10.6. The van der Waals surface area contributed by atoms with Gasteiger partial charge in [-0.3, -0.25) is 4.79 Å². The number of hydrogen-bond acceptors (Lipinski definition) is 9. The average molecular weight is 787 g/mol. The molecule has 0 aromatic rings. The highest BCUT2D eigenvalue weighted by molar-refractivity contribution is 5.69. The summed E-state index contributed by atoms with van der Waals surface area (Å²) in [6.07, 6.45) is 34.2. The molecule has 1 rings (SSSR count). The molecule has 1 heterocycles. The van der Waals surface area contributed by atoms with Gasteiger partial charge in [0.05, 0.1) is 19.8 Å². The molecule has 0 aromatic carbocycles. The SMILES string of the molecule is CCCCCCCCCCCCCCCCCCCCCCC(=O)OC(COCCCCCCCCCCCCCC)COC1OC(CO)C(O)C(O)C1O. The van der Waals surface area contributed by atoms with Crippen molar-refractivity contribution in [2.45, 2.75) is 263 Å². The molecule has 9 nitrogen and oxygen atoms in total. The molecule has 0 bridgehead atoms. The summed E-state index contributed by atoms with van der Waals surface area (Å²) in [4.78, 5) is 12.8. The highest BCUT2D eigenvalue weighted by Crippen LogP contribution is 2.23. The van der Waals surface area contributed by atoms with Gasteiger partial charge in [-0.15, -0.1) is 0 Å². The van der Waals surface area contributed by atoms with E-state index < -0.39 is 43.4 Å². The molecule has 1 saturated heterocycles. The maximum Gasteiger partial charge on any atom is 0.306 e. The summed E-state index contributed by atoms with van der Waals surface area (Å²) in [7, 11) is 0. The average Bonchev–Trinajstić information content (AvgIpc) is 3.18. The monoisotopic (exact) mass is 787 g/mol. The zero-order valence-corrected chi connectivity index (χ0v) is 36.0. The fourth-order valence-electron chi connectivity index (χ4n) is 7.55. The second kappa shape index (κ2) is 38.7. The van der Waals surface area contributed by atoms with Crippen molar-refractivity contribution in [3.05, 3.63) is 0 Å². The summed E-state index contributed by atoms with van der Waals surface area (Å²) < 4.78 is 22.8. The fourth-order valence-corrected chi connectivity index (χ4v) is 7.55. The molecule has 1 aliphatic rings. The Morgan fingerprint density at radius 1 is 0.509 bits per heavy atom. The van der Waals surface area contributed by atoms with Crippen molar-refractivity contribution in [2.75, 3.05) is 26.4 Å². The van der Waals surface area contributed by atoms with Crippen LogP contribution in [0, 0.1) is 0 Å². The Labute approximate surface area is 338 Å². The van der Waals surface area contributed by atoms with Gasteiger partial charge in [0.1, 0.15) is 30.5 Å². The van der Waals surface area contributed by atoms with Gasteiger partial charge in [-0.2, -0.15) is 0 Å². The maximum absolute atomic E-state index is 12.8. The van der Waals surface area contributed by atoms with Crippen LogP contribution >= 0.6 is 0 Å². The maximum atomic E-state index is 12.8. The van der Waals surface area contributed by atoms with Gasteiger partial charge >= 0.3 is 5.97 Å². The molecule has 6 atom stereocenters. The number of esters is 1. The predicted molar refractivity (Wildman–Crippen MR) is 224 cm³/mol. The van der Waals surface area contributed by atoms with Gasteiger partial charge in [-0.05, 0) is 12.8 Å². The van der Waals surface area contributed by atoms with Crippen LogP contribution in [0.25, 0.3) is 0 Å². The summed E-state index contributed by atoms with van der Waals surface area (Å²) in [5, 5.41) is 40.1. The van der Waals surface area contributed by atoms with Crippen molar-refractivity contribution in [3.8, 4) is 0 Å². The summed E-state index contributed by atoms with van der Waals surface area (Å²) in [6.45, 7) is 4.61. The van der Waals surface area contributed by atoms with Gasteiger partial charge < -0.3 is 39.4 Å². The Morgan fingerprint density at radius 3 is 1.29 bits per heavy atom. The van der Waals surface area contributed by atoms with E-state index in [0.29, 0.717) is 13.0 Å². The van der Waals surface area contributed by atoms with Gasteiger partial charge in [0.25, 0.3) is 0 Å². The van der Waals surface area contributed by atoms with Crippen molar-refractivity contribution in [1.29, 1.82) is 0 Å². The van der Waals surface area contributed by atoms with E-state index in [1.807, 2.05) is 0 Å². The fraction of sp³-hybridized carbons (Fsp3) is 0.978. The van der Waals surface area contributed by atoms with Crippen molar-refractivity contribution < 1.29 is 44.2 Å². The smallest absolute Gasteiger partial charge is 0.306 e. The topological polar surface area (TPSA) is 135 Å². The minimum atomic E-state index is -1.53. The molecule has 9 heteroatoms. The standard InChI is InChI=1S/C46H90O9/c1-3-5-7-9-11-13-15-17-18-19-20-21-22-23-24-25-27-29-31-33-35-42(48)54-40(39-53-46-45(51)44(50)43(49)41(37-47)55-46)38-52-36-34-32-30-28-26-16-14-12-10-8-6-4-2/h40-41,43-47,49-51H,3-39H2,1-2H3. The van der Waals surface area contributed by atoms with Crippen LogP contribution in [0.5, 0.6) is 0 Å². The van der Waals surface area contributed by atoms with Crippen LogP contribution in [-0.4, -0.2) is 89.6 Å². The van der Waals surface area contributed by atoms with Crippen LogP contribution in [0.3, 0.4) is 0 Å². The summed E-state index contributed by atoms with van der Waals surface area (Å²) in [5.74, 6) is -0.307. The van der Waals surface area contributed by atoms with E-state index in [9.17, 15) is 25.2 Å². The first-order valence-corrected chi connectivity index (χ1v) is 23.6. The number of carbonyl (C=O) groups excluding carboxylic acids is 1. The molecule has 4 N–H and O–H groups in total. The molecule has 0 radical (unpaired) electrons. The summed E-state index contributed by atoms with van der Waals surface area (Å²) in [5.41, 5.74) is 0. The lowest BCUT2D eigenvalue weighted by Crippen LogP contribution is -2.59. The molecule has 1 fully saturated rings. The van der Waals surface area contributed by atoms with Crippen LogP contribution < -0.4 is 0 Å². The molecule has 0 amide bonds. The Bertz CT molecular complexity index is 812. The minimum absolute atomic E-state index is 0.105. The van der Waals surface area contributed by atoms with Crippen LogP contribution in [-0.2, 0) is 23.7 Å². The molecular formula is C46H90O9. The lowest BCUT2D eigenvalue weighted by Gasteiger charge is -2.39. The van der Waals surface area contributed by atoms with E-state index in [-0.39, 0.29) is 19.2 Å². The third kappa shape index (κ3) is 30.0. The van der Waals surface area contributed by atoms with Crippen molar-refractivity contribution >= 4 is 5.97 Å².